The summed E-state index contributed by atoms with van der Waals surface area (Å²) in [6.07, 6.45) is 16.5. The molecule has 24 heavy (non-hydrogen) atoms. The van der Waals surface area contributed by atoms with Gasteiger partial charge < -0.3 is 5.73 Å². The Bertz CT molecular complexity index is 443. The lowest BCUT2D eigenvalue weighted by Gasteiger charge is -2.61. The molecule has 2 N–H and O–H groups in total. The lowest BCUT2D eigenvalue weighted by molar-refractivity contribution is -0.113. The first-order valence-electron chi connectivity index (χ1n) is 11.3. The molecule has 0 saturated heterocycles. The first kappa shape index (κ1) is 17.4. The van der Waals surface area contributed by atoms with Crippen molar-refractivity contribution in [1.82, 2.24) is 0 Å². The van der Waals surface area contributed by atoms with E-state index in [0.29, 0.717) is 11.5 Å². The Morgan fingerprint density at radius 2 is 1.75 bits per heavy atom. The van der Waals surface area contributed by atoms with Gasteiger partial charge in [0.15, 0.2) is 0 Å². The fourth-order valence-electron chi connectivity index (χ4n) is 8.42. The highest BCUT2D eigenvalue weighted by atomic mass is 14.7. The predicted molar refractivity (Wildman–Crippen MR) is 103 cm³/mol. The van der Waals surface area contributed by atoms with Gasteiger partial charge in [-0.1, -0.05) is 33.1 Å². The van der Waals surface area contributed by atoms with Crippen molar-refractivity contribution in [2.75, 3.05) is 0 Å². The van der Waals surface area contributed by atoms with E-state index in [1.54, 1.807) is 25.7 Å². The molecule has 9 unspecified atom stereocenters. The first-order chi connectivity index (χ1) is 11.5. The van der Waals surface area contributed by atoms with Gasteiger partial charge in [0.2, 0.25) is 0 Å². The zero-order valence-corrected chi connectivity index (χ0v) is 16.5. The molecule has 0 aromatic rings. The molecular formula is C23H41N. The monoisotopic (exact) mass is 331 g/mol. The predicted octanol–water partition coefficient (Wildman–Crippen LogP) is 6.02. The van der Waals surface area contributed by atoms with E-state index in [1.165, 1.54) is 44.9 Å². The highest BCUT2D eigenvalue weighted by Gasteiger charge is 2.55. The largest absolute Gasteiger partial charge is 0.328 e. The van der Waals surface area contributed by atoms with Gasteiger partial charge in [-0.05, 0) is 105 Å². The van der Waals surface area contributed by atoms with Crippen LogP contribution in [0, 0.1) is 46.8 Å². The van der Waals surface area contributed by atoms with Crippen LogP contribution in [0.15, 0.2) is 0 Å². The third-order valence-corrected chi connectivity index (χ3v) is 9.59. The molecule has 1 heteroatoms. The summed E-state index contributed by atoms with van der Waals surface area (Å²) < 4.78 is 0. The molecule has 0 radical (unpaired) electrons. The number of hydrogen-bond donors (Lipinski definition) is 1. The van der Waals surface area contributed by atoms with Gasteiger partial charge in [-0.25, -0.2) is 0 Å². The second-order valence-electron chi connectivity index (χ2n) is 10.5. The van der Waals surface area contributed by atoms with Crippen LogP contribution in [0.25, 0.3) is 0 Å². The molecule has 4 aliphatic rings. The summed E-state index contributed by atoms with van der Waals surface area (Å²) in [7, 11) is 0. The molecule has 0 aromatic carbocycles. The van der Waals surface area contributed by atoms with Crippen LogP contribution in [-0.4, -0.2) is 6.04 Å². The summed E-state index contributed by atoms with van der Waals surface area (Å²) in [6.45, 7) is 7.34. The van der Waals surface area contributed by atoms with Gasteiger partial charge in [0.1, 0.15) is 0 Å². The van der Waals surface area contributed by atoms with Crippen LogP contribution in [0.3, 0.4) is 0 Å². The van der Waals surface area contributed by atoms with E-state index in [0.717, 1.165) is 41.4 Å². The Balaban J connectivity index is 1.54. The van der Waals surface area contributed by atoms with Crippen molar-refractivity contribution < 1.29 is 0 Å². The van der Waals surface area contributed by atoms with Crippen LogP contribution in [0.2, 0.25) is 0 Å². The fourth-order valence-corrected chi connectivity index (χ4v) is 8.42. The molecule has 0 amide bonds. The van der Waals surface area contributed by atoms with Crippen LogP contribution < -0.4 is 5.73 Å². The van der Waals surface area contributed by atoms with E-state index in [1.807, 2.05) is 0 Å². The van der Waals surface area contributed by atoms with Crippen molar-refractivity contribution in [1.29, 1.82) is 0 Å². The minimum absolute atomic E-state index is 0.394. The Morgan fingerprint density at radius 1 is 0.958 bits per heavy atom. The average Bonchev–Trinajstić information content (AvgIpc) is 2.59. The molecule has 0 bridgehead atoms. The smallest absolute Gasteiger partial charge is 0.00440 e. The minimum atomic E-state index is 0.394. The Labute approximate surface area is 150 Å². The van der Waals surface area contributed by atoms with Crippen LogP contribution in [0.1, 0.15) is 91.4 Å². The molecule has 0 aromatic heterocycles. The lowest BCUT2D eigenvalue weighted by Crippen LogP contribution is -2.55. The number of fused-ring (bicyclic) bond motifs is 5. The molecule has 0 aliphatic heterocycles. The van der Waals surface area contributed by atoms with Gasteiger partial charge >= 0.3 is 0 Å². The fraction of sp³-hybridized carbons (Fsp3) is 1.00. The quantitative estimate of drug-likeness (QED) is 0.658. The summed E-state index contributed by atoms with van der Waals surface area (Å²) in [5.74, 6) is 7.12. The van der Waals surface area contributed by atoms with Crippen molar-refractivity contribution in [3.05, 3.63) is 0 Å². The number of nitrogens with two attached hydrogens (primary N) is 1. The number of rotatable bonds is 2. The summed E-state index contributed by atoms with van der Waals surface area (Å²) in [4.78, 5) is 0. The second kappa shape index (κ2) is 6.60. The Morgan fingerprint density at radius 3 is 2.50 bits per heavy atom. The maximum absolute atomic E-state index is 6.46. The highest BCUT2D eigenvalue weighted by molar-refractivity contribution is 5.05. The maximum Gasteiger partial charge on any atom is 0.00440 e. The molecule has 4 fully saturated rings. The topological polar surface area (TPSA) is 26.0 Å². The van der Waals surface area contributed by atoms with E-state index in [4.69, 9.17) is 5.73 Å². The molecule has 138 valence electrons. The van der Waals surface area contributed by atoms with Gasteiger partial charge in [-0.15, -0.1) is 0 Å². The zero-order chi connectivity index (χ0) is 16.9. The average molecular weight is 332 g/mol. The third kappa shape index (κ3) is 2.68. The van der Waals surface area contributed by atoms with Gasteiger partial charge in [-0.3, -0.25) is 0 Å². The van der Waals surface area contributed by atoms with Crippen molar-refractivity contribution in [3.63, 3.8) is 0 Å². The molecule has 9 atom stereocenters. The maximum atomic E-state index is 6.46. The molecule has 0 spiro atoms. The second-order valence-corrected chi connectivity index (χ2v) is 10.5. The SMILES string of the molecule is CCC1CCC2C(CCC3C2CCC2(C)C(C(C)N)CCCC32)C1. The van der Waals surface area contributed by atoms with Crippen molar-refractivity contribution in [3.8, 4) is 0 Å². The normalized spacial score (nSPS) is 52.8. The first-order valence-corrected chi connectivity index (χ1v) is 11.3. The van der Waals surface area contributed by atoms with Crippen molar-refractivity contribution in [2.45, 2.75) is 97.4 Å². The molecule has 4 saturated carbocycles. The molecule has 4 aliphatic carbocycles. The summed E-state index contributed by atoms with van der Waals surface area (Å²) in [6, 6.07) is 0.394. The van der Waals surface area contributed by atoms with E-state index in [9.17, 15) is 0 Å². The van der Waals surface area contributed by atoms with Gasteiger partial charge in [0, 0.05) is 6.04 Å². The van der Waals surface area contributed by atoms with E-state index in [-0.39, 0.29) is 0 Å². The van der Waals surface area contributed by atoms with Crippen LogP contribution in [0.4, 0.5) is 0 Å². The summed E-state index contributed by atoms with van der Waals surface area (Å²) >= 11 is 0. The van der Waals surface area contributed by atoms with Crippen LogP contribution in [0.5, 0.6) is 0 Å². The molecule has 4 rings (SSSR count). The van der Waals surface area contributed by atoms with Gasteiger partial charge in [-0.2, -0.15) is 0 Å². The van der Waals surface area contributed by atoms with E-state index >= 15 is 0 Å². The molecular weight excluding hydrogens is 290 g/mol. The van der Waals surface area contributed by atoms with E-state index < -0.39 is 0 Å². The van der Waals surface area contributed by atoms with Crippen LogP contribution in [-0.2, 0) is 0 Å². The Kier molecular flexibility index (Phi) is 4.78. The third-order valence-electron chi connectivity index (χ3n) is 9.59. The summed E-state index contributed by atoms with van der Waals surface area (Å²) in [5.41, 5.74) is 7.02. The zero-order valence-electron chi connectivity index (χ0n) is 16.5. The summed E-state index contributed by atoms with van der Waals surface area (Å²) in [5, 5.41) is 0. The number of hydrogen-bond acceptors (Lipinski definition) is 1. The lowest BCUT2D eigenvalue weighted by atomic mass is 9.44. The highest BCUT2D eigenvalue weighted by Crippen LogP contribution is 2.63. The van der Waals surface area contributed by atoms with Crippen molar-refractivity contribution >= 4 is 0 Å². The van der Waals surface area contributed by atoms with Crippen molar-refractivity contribution in [2.24, 2.45) is 52.6 Å². The molecule has 0 heterocycles. The minimum Gasteiger partial charge on any atom is -0.328 e. The standard InChI is InChI=1S/C23H41N/c1-4-16-8-10-18-17(14-16)9-11-20-19(18)12-13-23(3)21(15(2)24)6-5-7-22(20)23/h15-22H,4-14,24H2,1-3H3. The Hall–Kier alpha value is -0.0400. The van der Waals surface area contributed by atoms with E-state index in [2.05, 4.69) is 20.8 Å². The van der Waals surface area contributed by atoms with Gasteiger partial charge in [0.25, 0.3) is 0 Å². The van der Waals surface area contributed by atoms with Gasteiger partial charge in [0.05, 0.1) is 0 Å². The molecule has 1 nitrogen and oxygen atoms in total. The van der Waals surface area contributed by atoms with Crippen LogP contribution >= 0.6 is 0 Å².